The number of aryl methyl sites for hydroxylation is 1. The van der Waals surface area contributed by atoms with Crippen molar-refractivity contribution in [2.24, 2.45) is 0 Å². The molecule has 2 rings (SSSR count). The molecule has 0 aliphatic rings. The molecule has 0 saturated heterocycles. The summed E-state index contributed by atoms with van der Waals surface area (Å²) < 4.78 is 5.27. The Morgan fingerprint density at radius 1 is 1.14 bits per heavy atom. The summed E-state index contributed by atoms with van der Waals surface area (Å²) in [6, 6.07) is 16.7. The van der Waals surface area contributed by atoms with Crippen LogP contribution in [-0.4, -0.2) is 18.8 Å². The third kappa shape index (κ3) is 4.50. The molecule has 3 heteroatoms. The minimum absolute atomic E-state index is 0.202. The van der Waals surface area contributed by atoms with Crippen LogP contribution < -0.4 is 10.1 Å². The van der Waals surface area contributed by atoms with E-state index in [9.17, 15) is 0 Å². The first-order valence-corrected chi connectivity index (χ1v) is 7.33. The van der Waals surface area contributed by atoms with E-state index in [1.54, 1.807) is 7.11 Å². The Morgan fingerprint density at radius 2 is 1.95 bits per heavy atom. The van der Waals surface area contributed by atoms with E-state index < -0.39 is 0 Å². The smallest absolute Gasteiger partial charge is 0.119 e. The molecule has 0 bridgehead atoms. The van der Waals surface area contributed by atoms with Gasteiger partial charge in [0.05, 0.1) is 7.11 Å². The van der Waals surface area contributed by atoms with Crippen LogP contribution in [0.5, 0.6) is 5.75 Å². The summed E-state index contributed by atoms with van der Waals surface area (Å²) >= 11 is 0. The predicted octanol–water partition coefficient (Wildman–Crippen LogP) is 3.79. The number of rotatable bonds is 7. The molecule has 1 unspecified atom stereocenters. The number of anilines is 1. The second-order valence-corrected chi connectivity index (χ2v) is 5.17. The van der Waals surface area contributed by atoms with Gasteiger partial charge >= 0.3 is 0 Å². The lowest BCUT2D eigenvalue weighted by Gasteiger charge is -2.17. The molecule has 3 nitrogen and oxygen atoms in total. The maximum absolute atomic E-state index is 8.91. The Kier molecular flexibility index (Phi) is 5.64. The zero-order valence-electron chi connectivity index (χ0n) is 12.7. The maximum Gasteiger partial charge on any atom is 0.119 e. The predicted molar refractivity (Wildman–Crippen MR) is 86.9 cm³/mol. The van der Waals surface area contributed by atoms with E-state index in [0.717, 1.165) is 24.3 Å². The molecule has 0 spiro atoms. The SMILES string of the molecule is COc1cccc(C(C)Nc2cccc(CCCO)c2)c1. The van der Waals surface area contributed by atoms with Crippen LogP contribution in [0.25, 0.3) is 0 Å². The fraction of sp³-hybridized carbons (Fsp3) is 0.333. The quantitative estimate of drug-likeness (QED) is 0.813. The van der Waals surface area contributed by atoms with E-state index in [4.69, 9.17) is 9.84 Å². The van der Waals surface area contributed by atoms with Gasteiger partial charge in [0.25, 0.3) is 0 Å². The first-order chi connectivity index (χ1) is 10.2. The van der Waals surface area contributed by atoms with E-state index in [1.807, 2.05) is 24.3 Å². The number of hydrogen-bond acceptors (Lipinski definition) is 3. The lowest BCUT2D eigenvalue weighted by Crippen LogP contribution is -2.07. The van der Waals surface area contributed by atoms with Crippen LogP contribution in [0.3, 0.4) is 0 Å². The summed E-state index contributed by atoms with van der Waals surface area (Å²) in [7, 11) is 1.68. The number of ether oxygens (including phenoxy) is 1. The van der Waals surface area contributed by atoms with Crippen molar-refractivity contribution in [1.29, 1.82) is 0 Å². The number of hydrogen-bond donors (Lipinski definition) is 2. The highest BCUT2D eigenvalue weighted by molar-refractivity contribution is 5.48. The molecule has 112 valence electrons. The fourth-order valence-corrected chi connectivity index (χ4v) is 2.34. The van der Waals surface area contributed by atoms with Crippen molar-refractivity contribution in [3.8, 4) is 5.75 Å². The van der Waals surface area contributed by atoms with E-state index in [2.05, 4.69) is 36.5 Å². The second-order valence-electron chi connectivity index (χ2n) is 5.17. The van der Waals surface area contributed by atoms with Crippen molar-refractivity contribution < 1.29 is 9.84 Å². The summed E-state index contributed by atoms with van der Waals surface area (Å²) in [5.74, 6) is 0.873. The van der Waals surface area contributed by atoms with Crippen LogP contribution in [0, 0.1) is 0 Å². The molecule has 2 aromatic carbocycles. The summed E-state index contributed by atoms with van der Waals surface area (Å²) in [4.78, 5) is 0. The molecule has 0 aliphatic carbocycles. The molecular formula is C18H23NO2. The molecule has 0 aliphatic heterocycles. The third-order valence-corrected chi connectivity index (χ3v) is 3.53. The van der Waals surface area contributed by atoms with Crippen molar-refractivity contribution in [3.05, 3.63) is 59.7 Å². The molecule has 0 aromatic heterocycles. The van der Waals surface area contributed by atoms with Gasteiger partial charge in [-0.2, -0.15) is 0 Å². The third-order valence-electron chi connectivity index (χ3n) is 3.53. The van der Waals surface area contributed by atoms with E-state index in [1.165, 1.54) is 11.1 Å². The average Bonchev–Trinajstić information content (AvgIpc) is 2.53. The van der Waals surface area contributed by atoms with Gasteiger partial charge in [0.15, 0.2) is 0 Å². The van der Waals surface area contributed by atoms with Gasteiger partial charge in [-0.25, -0.2) is 0 Å². The van der Waals surface area contributed by atoms with Crippen LogP contribution >= 0.6 is 0 Å². The second kappa shape index (κ2) is 7.70. The first-order valence-electron chi connectivity index (χ1n) is 7.33. The zero-order valence-corrected chi connectivity index (χ0v) is 12.7. The largest absolute Gasteiger partial charge is 0.497 e. The Balaban J connectivity index is 2.06. The lowest BCUT2D eigenvalue weighted by atomic mass is 10.1. The standard InChI is InChI=1S/C18H23NO2/c1-14(16-8-4-10-18(13-16)21-2)19-17-9-3-6-15(12-17)7-5-11-20/h3-4,6,8-10,12-14,19-20H,5,7,11H2,1-2H3. The lowest BCUT2D eigenvalue weighted by molar-refractivity contribution is 0.288. The van der Waals surface area contributed by atoms with Crippen molar-refractivity contribution in [1.82, 2.24) is 0 Å². The molecule has 2 aromatic rings. The Morgan fingerprint density at radius 3 is 2.71 bits per heavy atom. The summed E-state index contributed by atoms with van der Waals surface area (Å²) in [6.45, 7) is 2.37. The molecule has 1 atom stereocenters. The topological polar surface area (TPSA) is 41.5 Å². The number of methoxy groups -OCH3 is 1. The van der Waals surface area contributed by atoms with Gasteiger partial charge in [0.1, 0.15) is 5.75 Å². The van der Waals surface area contributed by atoms with E-state index >= 15 is 0 Å². The summed E-state index contributed by atoms with van der Waals surface area (Å²) in [5, 5.41) is 12.4. The molecule has 0 fully saturated rings. The molecule has 2 N–H and O–H groups in total. The molecule has 0 radical (unpaired) electrons. The van der Waals surface area contributed by atoms with Crippen LogP contribution in [0.15, 0.2) is 48.5 Å². The van der Waals surface area contributed by atoms with Gasteiger partial charge in [-0.05, 0) is 55.2 Å². The van der Waals surface area contributed by atoms with E-state index in [-0.39, 0.29) is 12.6 Å². The van der Waals surface area contributed by atoms with Crippen LogP contribution in [-0.2, 0) is 6.42 Å². The molecular weight excluding hydrogens is 262 g/mol. The van der Waals surface area contributed by atoms with Gasteiger partial charge in [-0.15, -0.1) is 0 Å². The zero-order chi connectivity index (χ0) is 15.1. The number of aliphatic hydroxyl groups excluding tert-OH is 1. The van der Waals surface area contributed by atoms with Crippen LogP contribution in [0.2, 0.25) is 0 Å². The van der Waals surface area contributed by atoms with Gasteiger partial charge in [-0.3, -0.25) is 0 Å². The Hall–Kier alpha value is -2.00. The Bertz CT molecular complexity index is 569. The van der Waals surface area contributed by atoms with Crippen molar-refractivity contribution >= 4 is 5.69 Å². The number of aliphatic hydroxyl groups is 1. The Labute approximate surface area is 126 Å². The van der Waals surface area contributed by atoms with Crippen molar-refractivity contribution in [3.63, 3.8) is 0 Å². The van der Waals surface area contributed by atoms with Crippen molar-refractivity contribution in [2.75, 3.05) is 19.0 Å². The number of benzene rings is 2. The normalized spacial score (nSPS) is 12.0. The highest BCUT2D eigenvalue weighted by Crippen LogP contribution is 2.23. The monoisotopic (exact) mass is 285 g/mol. The summed E-state index contributed by atoms with van der Waals surface area (Å²) in [6.07, 6.45) is 1.70. The number of nitrogens with one attached hydrogen (secondary N) is 1. The highest BCUT2D eigenvalue weighted by atomic mass is 16.5. The van der Waals surface area contributed by atoms with Crippen molar-refractivity contribution in [2.45, 2.75) is 25.8 Å². The highest BCUT2D eigenvalue weighted by Gasteiger charge is 2.06. The van der Waals surface area contributed by atoms with Gasteiger partial charge in [0.2, 0.25) is 0 Å². The van der Waals surface area contributed by atoms with E-state index in [0.29, 0.717) is 0 Å². The molecule has 0 saturated carbocycles. The average molecular weight is 285 g/mol. The molecule has 21 heavy (non-hydrogen) atoms. The van der Waals surface area contributed by atoms with Gasteiger partial charge in [-0.1, -0.05) is 24.3 Å². The van der Waals surface area contributed by atoms with Gasteiger partial charge in [0, 0.05) is 18.3 Å². The van der Waals surface area contributed by atoms with Gasteiger partial charge < -0.3 is 15.2 Å². The minimum atomic E-state index is 0.202. The van der Waals surface area contributed by atoms with Crippen LogP contribution in [0.1, 0.15) is 30.5 Å². The van der Waals surface area contributed by atoms with Crippen LogP contribution in [0.4, 0.5) is 5.69 Å². The fourth-order valence-electron chi connectivity index (χ4n) is 2.34. The minimum Gasteiger partial charge on any atom is -0.497 e. The maximum atomic E-state index is 8.91. The first kappa shape index (κ1) is 15.4. The molecule has 0 amide bonds. The summed E-state index contributed by atoms with van der Waals surface area (Å²) in [5.41, 5.74) is 3.53. The molecule has 0 heterocycles.